The molecule has 1 heterocycles. The number of hydrogen-bond donors (Lipinski definition) is 1. The van der Waals surface area contributed by atoms with Gasteiger partial charge < -0.3 is 9.67 Å². The van der Waals surface area contributed by atoms with Gasteiger partial charge in [0, 0.05) is 26.3 Å². The van der Waals surface area contributed by atoms with E-state index < -0.39 is 16.0 Å². The van der Waals surface area contributed by atoms with Crippen molar-refractivity contribution < 1.29 is 18.3 Å². The molecular formula is C11H18N2O4S. The van der Waals surface area contributed by atoms with Crippen molar-refractivity contribution in [3.63, 3.8) is 0 Å². The quantitative estimate of drug-likeness (QED) is 0.846. The fourth-order valence-electron chi connectivity index (χ4n) is 1.68. The van der Waals surface area contributed by atoms with E-state index in [1.54, 1.807) is 6.92 Å². The van der Waals surface area contributed by atoms with Crippen molar-refractivity contribution in [1.82, 2.24) is 8.87 Å². The highest BCUT2D eigenvalue weighted by molar-refractivity contribution is 7.89. The fraction of sp³-hybridized carbons (Fsp3) is 0.545. The van der Waals surface area contributed by atoms with Crippen LogP contribution in [-0.4, -0.2) is 42.0 Å². The van der Waals surface area contributed by atoms with Gasteiger partial charge in [-0.15, -0.1) is 0 Å². The second-order valence-electron chi connectivity index (χ2n) is 3.98. The molecule has 0 saturated carbocycles. The molecule has 1 N–H and O–H groups in total. The highest BCUT2D eigenvalue weighted by Crippen LogP contribution is 2.18. The van der Waals surface area contributed by atoms with Gasteiger partial charge in [0.2, 0.25) is 10.0 Å². The van der Waals surface area contributed by atoms with Crippen LogP contribution >= 0.6 is 0 Å². The van der Waals surface area contributed by atoms with E-state index in [0.717, 1.165) is 0 Å². The second-order valence-corrected chi connectivity index (χ2v) is 6.02. The Morgan fingerprint density at radius 3 is 2.44 bits per heavy atom. The van der Waals surface area contributed by atoms with Gasteiger partial charge in [-0.2, -0.15) is 0 Å². The first-order valence-electron chi connectivity index (χ1n) is 5.74. The molecular weight excluding hydrogens is 256 g/mol. The smallest absolute Gasteiger partial charge is 0.352 e. The van der Waals surface area contributed by atoms with E-state index in [1.807, 2.05) is 6.92 Å². The van der Waals surface area contributed by atoms with Gasteiger partial charge >= 0.3 is 5.97 Å². The van der Waals surface area contributed by atoms with Crippen LogP contribution in [-0.2, 0) is 16.6 Å². The van der Waals surface area contributed by atoms with Gasteiger partial charge in [0.05, 0.1) is 0 Å². The Kier molecular flexibility index (Phi) is 4.53. The monoisotopic (exact) mass is 274 g/mol. The van der Waals surface area contributed by atoms with E-state index >= 15 is 0 Å². The molecule has 0 aromatic carbocycles. The van der Waals surface area contributed by atoms with Gasteiger partial charge in [0.1, 0.15) is 10.6 Å². The molecule has 102 valence electrons. The molecule has 0 aliphatic heterocycles. The Morgan fingerprint density at radius 1 is 1.44 bits per heavy atom. The first kappa shape index (κ1) is 14.7. The van der Waals surface area contributed by atoms with Crippen LogP contribution < -0.4 is 0 Å². The predicted molar refractivity (Wildman–Crippen MR) is 67.2 cm³/mol. The summed E-state index contributed by atoms with van der Waals surface area (Å²) in [5.74, 6) is -1.13. The third-order valence-corrected chi connectivity index (χ3v) is 4.50. The summed E-state index contributed by atoms with van der Waals surface area (Å²) >= 11 is 0. The highest BCUT2D eigenvalue weighted by atomic mass is 32.2. The van der Waals surface area contributed by atoms with E-state index in [9.17, 15) is 13.2 Å². The van der Waals surface area contributed by atoms with Gasteiger partial charge in [-0.1, -0.05) is 6.92 Å². The summed E-state index contributed by atoms with van der Waals surface area (Å²) in [5.41, 5.74) is -0.0130. The minimum atomic E-state index is -3.60. The Hall–Kier alpha value is -1.34. The number of hydrogen-bond acceptors (Lipinski definition) is 3. The number of carboxylic acids is 1. The number of sulfonamides is 1. The van der Waals surface area contributed by atoms with Crippen LogP contribution in [0.2, 0.25) is 0 Å². The highest BCUT2D eigenvalue weighted by Gasteiger charge is 2.24. The van der Waals surface area contributed by atoms with E-state index in [-0.39, 0.29) is 10.6 Å². The van der Waals surface area contributed by atoms with Crippen molar-refractivity contribution in [2.45, 2.75) is 31.7 Å². The number of rotatable bonds is 6. The Bertz CT molecular complexity index is 533. The van der Waals surface area contributed by atoms with Gasteiger partial charge in [-0.05, 0) is 19.4 Å². The third-order valence-electron chi connectivity index (χ3n) is 2.68. The molecule has 0 amide bonds. The average Bonchev–Trinajstić information content (AvgIpc) is 2.73. The largest absolute Gasteiger partial charge is 0.477 e. The Balaban J connectivity index is 3.22. The maximum Gasteiger partial charge on any atom is 0.352 e. The summed E-state index contributed by atoms with van der Waals surface area (Å²) in [4.78, 5) is 11.0. The minimum Gasteiger partial charge on any atom is -0.477 e. The van der Waals surface area contributed by atoms with Crippen molar-refractivity contribution >= 4 is 16.0 Å². The summed E-state index contributed by atoms with van der Waals surface area (Å²) in [7, 11) is -2.11. The summed E-state index contributed by atoms with van der Waals surface area (Å²) in [6, 6.07) is 1.20. The van der Waals surface area contributed by atoms with Gasteiger partial charge in [0.15, 0.2) is 0 Å². The number of aromatic carboxylic acids is 1. The molecule has 0 unspecified atom stereocenters. The summed E-state index contributed by atoms with van der Waals surface area (Å²) in [6.07, 6.45) is 2.07. The van der Waals surface area contributed by atoms with Crippen LogP contribution in [0, 0.1) is 0 Å². The number of aryl methyl sites for hydroxylation is 1. The zero-order valence-electron chi connectivity index (χ0n) is 10.8. The molecule has 0 atom stereocenters. The lowest BCUT2D eigenvalue weighted by molar-refractivity contribution is 0.0685. The van der Waals surface area contributed by atoms with Crippen LogP contribution in [0.25, 0.3) is 0 Å². The molecule has 0 bridgehead atoms. The Labute approximate surface area is 107 Å². The maximum absolute atomic E-state index is 12.1. The lowest BCUT2D eigenvalue weighted by Crippen LogP contribution is -2.27. The fourth-order valence-corrected chi connectivity index (χ4v) is 2.98. The SMILES string of the molecule is CCCN(C)S(=O)(=O)c1cc(C(=O)O)n(CC)c1. The second kappa shape index (κ2) is 5.53. The summed E-state index contributed by atoms with van der Waals surface area (Å²) in [5, 5.41) is 8.99. The van der Waals surface area contributed by atoms with Gasteiger partial charge in [-0.25, -0.2) is 17.5 Å². The first-order valence-corrected chi connectivity index (χ1v) is 7.18. The lowest BCUT2D eigenvalue weighted by atomic mass is 10.4. The van der Waals surface area contributed by atoms with E-state index in [4.69, 9.17) is 5.11 Å². The predicted octanol–water partition coefficient (Wildman–Crippen LogP) is 1.24. The van der Waals surface area contributed by atoms with Gasteiger partial charge in [-0.3, -0.25) is 0 Å². The molecule has 1 aromatic heterocycles. The van der Waals surface area contributed by atoms with Gasteiger partial charge in [0.25, 0.3) is 0 Å². The molecule has 1 aromatic rings. The number of nitrogens with zero attached hydrogens (tertiary/aromatic N) is 2. The van der Waals surface area contributed by atoms with Crippen molar-refractivity contribution in [2.24, 2.45) is 0 Å². The van der Waals surface area contributed by atoms with Crippen LogP contribution in [0.15, 0.2) is 17.2 Å². The maximum atomic E-state index is 12.1. The van der Waals surface area contributed by atoms with E-state index in [1.165, 1.54) is 28.2 Å². The van der Waals surface area contributed by atoms with E-state index in [2.05, 4.69) is 0 Å². The van der Waals surface area contributed by atoms with Crippen LogP contribution in [0.1, 0.15) is 30.8 Å². The molecule has 0 aliphatic rings. The van der Waals surface area contributed by atoms with Crippen LogP contribution in [0.3, 0.4) is 0 Å². The van der Waals surface area contributed by atoms with Crippen molar-refractivity contribution in [1.29, 1.82) is 0 Å². The zero-order valence-corrected chi connectivity index (χ0v) is 11.6. The molecule has 7 heteroatoms. The van der Waals surface area contributed by atoms with Crippen molar-refractivity contribution in [2.75, 3.05) is 13.6 Å². The first-order chi connectivity index (χ1) is 8.34. The van der Waals surface area contributed by atoms with Crippen LogP contribution in [0.4, 0.5) is 0 Å². The molecule has 1 rings (SSSR count). The number of carboxylic acid groups (broad SMARTS) is 1. The molecule has 0 saturated heterocycles. The average molecular weight is 274 g/mol. The normalized spacial score (nSPS) is 12.0. The number of aromatic nitrogens is 1. The minimum absolute atomic E-state index is 0.0130. The summed E-state index contributed by atoms with van der Waals surface area (Å²) in [6.45, 7) is 4.46. The molecule has 0 aliphatic carbocycles. The zero-order chi connectivity index (χ0) is 13.9. The van der Waals surface area contributed by atoms with E-state index in [0.29, 0.717) is 19.5 Å². The molecule has 0 fully saturated rings. The number of carbonyl (C=O) groups is 1. The van der Waals surface area contributed by atoms with Crippen molar-refractivity contribution in [3.05, 3.63) is 18.0 Å². The lowest BCUT2D eigenvalue weighted by Gasteiger charge is -2.14. The molecule has 0 radical (unpaired) electrons. The topological polar surface area (TPSA) is 79.6 Å². The molecule has 18 heavy (non-hydrogen) atoms. The third kappa shape index (κ3) is 2.73. The summed E-state index contributed by atoms with van der Waals surface area (Å²) < 4.78 is 26.9. The molecule has 0 spiro atoms. The standard InChI is InChI=1S/C11H18N2O4S/c1-4-6-12(3)18(16,17)9-7-10(11(14)15)13(5-2)8-9/h7-8H,4-6H2,1-3H3,(H,14,15). The van der Waals surface area contributed by atoms with Crippen molar-refractivity contribution in [3.8, 4) is 0 Å². The Morgan fingerprint density at radius 2 is 2.06 bits per heavy atom. The molecule has 6 nitrogen and oxygen atoms in total. The van der Waals surface area contributed by atoms with Crippen LogP contribution in [0.5, 0.6) is 0 Å².